The molecule has 0 aliphatic carbocycles. The minimum Gasteiger partial charge on any atom is -0.383 e. The number of anilines is 1. The average molecular weight is 320 g/mol. The molecule has 0 spiro atoms. The molecule has 0 atom stereocenters. The molecular formula is C13H14BrN5. The number of aryl methyl sites for hydroxylation is 1. The van der Waals surface area contributed by atoms with Crippen molar-refractivity contribution in [2.45, 2.75) is 19.8 Å². The van der Waals surface area contributed by atoms with Gasteiger partial charge in [0.15, 0.2) is 5.65 Å². The van der Waals surface area contributed by atoms with Gasteiger partial charge in [0.05, 0.1) is 16.8 Å². The number of fused-ring (bicyclic) bond motifs is 1. The van der Waals surface area contributed by atoms with E-state index in [1.165, 1.54) is 0 Å². The minimum absolute atomic E-state index is 0.583. The zero-order valence-electron chi connectivity index (χ0n) is 10.5. The van der Waals surface area contributed by atoms with Crippen LogP contribution in [0.15, 0.2) is 28.7 Å². The third-order valence-electron chi connectivity index (χ3n) is 3.02. The Labute approximate surface area is 118 Å². The lowest BCUT2D eigenvalue weighted by molar-refractivity contribution is 0.809. The number of aromatic nitrogens is 4. The van der Waals surface area contributed by atoms with Gasteiger partial charge in [-0.3, -0.25) is 5.10 Å². The molecule has 3 rings (SSSR count). The number of hydrogen-bond donors (Lipinski definition) is 2. The summed E-state index contributed by atoms with van der Waals surface area (Å²) in [6, 6.07) is 7.96. The smallest absolute Gasteiger partial charge is 0.186 e. The van der Waals surface area contributed by atoms with E-state index in [0.717, 1.165) is 39.7 Å². The molecule has 98 valence electrons. The van der Waals surface area contributed by atoms with Gasteiger partial charge in [0, 0.05) is 4.47 Å². The van der Waals surface area contributed by atoms with E-state index in [2.05, 4.69) is 38.1 Å². The molecule has 19 heavy (non-hydrogen) atoms. The first-order valence-corrected chi connectivity index (χ1v) is 6.97. The molecule has 1 aromatic carbocycles. The van der Waals surface area contributed by atoms with Gasteiger partial charge >= 0.3 is 0 Å². The second-order valence-electron chi connectivity index (χ2n) is 4.42. The Kier molecular flexibility index (Phi) is 3.02. The molecule has 0 amide bonds. The molecule has 6 heteroatoms. The van der Waals surface area contributed by atoms with Crippen molar-refractivity contribution in [2.75, 3.05) is 5.73 Å². The maximum Gasteiger partial charge on any atom is 0.186 e. The van der Waals surface area contributed by atoms with Crippen molar-refractivity contribution in [3.8, 4) is 5.69 Å². The fourth-order valence-electron chi connectivity index (χ4n) is 2.20. The van der Waals surface area contributed by atoms with Crippen LogP contribution in [0, 0.1) is 0 Å². The zero-order chi connectivity index (χ0) is 13.4. The van der Waals surface area contributed by atoms with Gasteiger partial charge in [0.25, 0.3) is 0 Å². The van der Waals surface area contributed by atoms with Crippen LogP contribution >= 0.6 is 15.9 Å². The van der Waals surface area contributed by atoms with E-state index in [4.69, 9.17) is 5.73 Å². The summed E-state index contributed by atoms with van der Waals surface area (Å²) in [4.78, 5) is 0. The van der Waals surface area contributed by atoms with Gasteiger partial charge in [-0.05, 0) is 24.6 Å². The highest BCUT2D eigenvalue weighted by Crippen LogP contribution is 2.26. The number of nitrogen functional groups attached to an aromatic ring is 1. The van der Waals surface area contributed by atoms with Crippen LogP contribution in [-0.2, 0) is 6.42 Å². The Morgan fingerprint density at radius 2 is 2.26 bits per heavy atom. The van der Waals surface area contributed by atoms with Gasteiger partial charge in [-0.1, -0.05) is 35.3 Å². The van der Waals surface area contributed by atoms with Crippen molar-refractivity contribution in [3.05, 3.63) is 34.4 Å². The number of benzene rings is 1. The number of rotatable bonds is 3. The largest absolute Gasteiger partial charge is 0.383 e. The number of nitrogens with two attached hydrogens (primary N) is 1. The number of halogens is 1. The van der Waals surface area contributed by atoms with Crippen molar-refractivity contribution < 1.29 is 0 Å². The van der Waals surface area contributed by atoms with E-state index in [0.29, 0.717) is 5.82 Å². The van der Waals surface area contributed by atoms with Crippen LogP contribution in [-0.4, -0.2) is 20.0 Å². The molecule has 2 aromatic heterocycles. The van der Waals surface area contributed by atoms with Crippen LogP contribution in [0.25, 0.3) is 16.7 Å². The maximum absolute atomic E-state index is 5.95. The monoisotopic (exact) mass is 319 g/mol. The quantitative estimate of drug-likeness (QED) is 0.779. The summed E-state index contributed by atoms with van der Waals surface area (Å²) in [5, 5.41) is 12.7. The molecule has 0 radical (unpaired) electrons. The van der Waals surface area contributed by atoms with E-state index in [1.807, 2.05) is 28.9 Å². The van der Waals surface area contributed by atoms with Crippen molar-refractivity contribution in [1.82, 2.24) is 20.0 Å². The van der Waals surface area contributed by atoms with Crippen molar-refractivity contribution in [3.63, 3.8) is 0 Å². The normalized spacial score (nSPS) is 11.3. The highest BCUT2D eigenvalue weighted by Gasteiger charge is 2.16. The second kappa shape index (κ2) is 4.70. The van der Waals surface area contributed by atoms with Crippen LogP contribution in [0.2, 0.25) is 0 Å². The molecule has 0 saturated heterocycles. The van der Waals surface area contributed by atoms with Crippen LogP contribution in [0.5, 0.6) is 0 Å². The van der Waals surface area contributed by atoms with E-state index in [1.54, 1.807) is 0 Å². The molecule has 0 saturated carbocycles. The lowest BCUT2D eigenvalue weighted by atomic mass is 10.2. The van der Waals surface area contributed by atoms with Gasteiger partial charge in [-0.15, -0.1) is 0 Å². The van der Waals surface area contributed by atoms with Gasteiger partial charge < -0.3 is 5.73 Å². The highest BCUT2D eigenvalue weighted by atomic mass is 79.9. The molecule has 5 nitrogen and oxygen atoms in total. The number of nitrogens with one attached hydrogen (secondary N) is 1. The average Bonchev–Trinajstić information content (AvgIpc) is 2.93. The Morgan fingerprint density at radius 1 is 1.42 bits per heavy atom. The fraction of sp³-hybridized carbons (Fsp3) is 0.231. The Morgan fingerprint density at radius 3 is 3.00 bits per heavy atom. The first-order chi connectivity index (χ1) is 9.20. The van der Waals surface area contributed by atoms with Crippen molar-refractivity contribution >= 4 is 32.8 Å². The van der Waals surface area contributed by atoms with E-state index < -0.39 is 0 Å². The SMILES string of the molecule is CCCc1nn(-c2cccc(Br)c2)c2n[nH]c(N)c12. The Bertz CT molecular complexity index is 728. The van der Waals surface area contributed by atoms with Gasteiger partial charge in [0.1, 0.15) is 5.82 Å². The van der Waals surface area contributed by atoms with Crippen LogP contribution in [0.1, 0.15) is 19.0 Å². The Hall–Kier alpha value is -1.82. The number of aromatic amines is 1. The second-order valence-corrected chi connectivity index (χ2v) is 5.34. The summed E-state index contributed by atoms with van der Waals surface area (Å²) in [6.45, 7) is 2.13. The molecule has 3 N–H and O–H groups in total. The van der Waals surface area contributed by atoms with Crippen molar-refractivity contribution in [1.29, 1.82) is 0 Å². The number of hydrogen-bond acceptors (Lipinski definition) is 3. The predicted molar refractivity (Wildman–Crippen MR) is 79.3 cm³/mol. The summed E-state index contributed by atoms with van der Waals surface area (Å²) in [5.74, 6) is 0.583. The van der Waals surface area contributed by atoms with E-state index >= 15 is 0 Å². The van der Waals surface area contributed by atoms with Crippen LogP contribution < -0.4 is 5.73 Å². The van der Waals surface area contributed by atoms with Crippen LogP contribution in [0.4, 0.5) is 5.82 Å². The third-order valence-corrected chi connectivity index (χ3v) is 3.52. The summed E-state index contributed by atoms with van der Waals surface area (Å²) in [5.41, 5.74) is 8.68. The molecule has 0 aliphatic heterocycles. The molecular weight excluding hydrogens is 306 g/mol. The maximum atomic E-state index is 5.95. The zero-order valence-corrected chi connectivity index (χ0v) is 12.1. The van der Waals surface area contributed by atoms with Gasteiger partial charge in [-0.25, -0.2) is 4.68 Å². The van der Waals surface area contributed by atoms with E-state index in [-0.39, 0.29) is 0 Å². The molecule has 3 aromatic rings. The van der Waals surface area contributed by atoms with Gasteiger partial charge in [0.2, 0.25) is 0 Å². The molecule has 0 aliphatic rings. The number of H-pyrrole nitrogens is 1. The summed E-state index contributed by atoms with van der Waals surface area (Å²) in [6.07, 6.45) is 1.91. The van der Waals surface area contributed by atoms with E-state index in [9.17, 15) is 0 Å². The van der Waals surface area contributed by atoms with Crippen LogP contribution in [0.3, 0.4) is 0 Å². The first kappa shape index (κ1) is 12.2. The lowest BCUT2D eigenvalue weighted by Crippen LogP contribution is -1.98. The first-order valence-electron chi connectivity index (χ1n) is 6.18. The topological polar surface area (TPSA) is 72.5 Å². The Balaban J connectivity index is 2.24. The lowest BCUT2D eigenvalue weighted by Gasteiger charge is -2.01. The molecule has 0 fully saturated rings. The van der Waals surface area contributed by atoms with Crippen molar-refractivity contribution in [2.24, 2.45) is 0 Å². The third kappa shape index (κ3) is 2.02. The fourth-order valence-corrected chi connectivity index (χ4v) is 2.59. The highest BCUT2D eigenvalue weighted by molar-refractivity contribution is 9.10. The summed E-state index contributed by atoms with van der Waals surface area (Å²) in [7, 11) is 0. The summed E-state index contributed by atoms with van der Waals surface area (Å²) >= 11 is 3.47. The minimum atomic E-state index is 0.583. The molecule has 0 unspecified atom stereocenters. The summed E-state index contributed by atoms with van der Waals surface area (Å²) < 4.78 is 2.84. The number of nitrogens with zero attached hydrogens (tertiary/aromatic N) is 3. The standard InChI is InChI=1S/C13H14BrN5/c1-2-4-10-11-12(15)16-17-13(11)19(18-10)9-6-3-5-8(14)7-9/h3,5-7H,2,4H2,1H3,(H3,15,16,17). The van der Waals surface area contributed by atoms with Gasteiger partial charge in [-0.2, -0.15) is 10.2 Å². The predicted octanol–water partition coefficient (Wildman–Crippen LogP) is 3.05. The molecule has 0 bridgehead atoms. The molecule has 2 heterocycles.